The third-order valence-corrected chi connectivity index (χ3v) is 4.74. The van der Waals surface area contributed by atoms with Crippen molar-refractivity contribution in [1.82, 2.24) is 4.72 Å². The summed E-state index contributed by atoms with van der Waals surface area (Å²) in [6.45, 7) is 0.525. The highest BCUT2D eigenvalue weighted by Gasteiger charge is 2.21. The van der Waals surface area contributed by atoms with Crippen LogP contribution >= 0.6 is 0 Å². The molecule has 0 unspecified atom stereocenters. The van der Waals surface area contributed by atoms with E-state index in [0.717, 1.165) is 18.8 Å². The van der Waals surface area contributed by atoms with Crippen molar-refractivity contribution in [2.75, 3.05) is 18.9 Å². The summed E-state index contributed by atoms with van der Waals surface area (Å²) in [5.41, 5.74) is 0.632. The maximum absolute atomic E-state index is 12.1. The van der Waals surface area contributed by atoms with Crippen LogP contribution in [0.1, 0.15) is 25.7 Å². The predicted molar refractivity (Wildman–Crippen MR) is 73.1 cm³/mol. The van der Waals surface area contributed by atoms with Gasteiger partial charge in [-0.05, 0) is 30.9 Å². The normalized spacial score (nSPS) is 15.6. The predicted octanol–water partition coefficient (Wildman–Crippen LogP) is 2.20. The summed E-state index contributed by atoms with van der Waals surface area (Å²) in [5, 5.41) is 2.90. The molecule has 0 saturated heterocycles. The van der Waals surface area contributed by atoms with Crippen LogP contribution in [0.5, 0.6) is 0 Å². The molecule has 0 bridgehead atoms. The summed E-state index contributed by atoms with van der Waals surface area (Å²) in [7, 11) is -1.67. The number of hydrogen-bond acceptors (Lipinski definition) is 3. The van der Waals surface area contributed by atoms with Crippen LogP contribution in [0.15, 0.2) is 29.2 Å². The van der Waals surface area contributed by atoms with E-state index in [4.69, 9.17) is 0 Å². The van der Waals surface area contributed by atoms with Gasteiger partial charge in [0.2, 0.25) is 10.0 Å². The fourth-order valence-electron chi connectivity index (χ4n) is 1.99. The molecular formula is C13H20N2O2S. The number of nitrogens with one attached hydrogen (secondary N) is 2. The molecule has 0 heterocycles. The Hall–Kier alpha value is -1.07. The van der Waals surface area contributed by atoms with E-state index in [1.807, 2.05) is 6.07 Å². The molecule has 18 heavy (non-hydrogen) atoms. The van der Waals surface area contributed by atoms with Gasteiger partial charge in [0.1, 0.15) is 4.90 Å². The summed E-state index contributed by atoms with van der Waals surface area (Å²) in [4.78, 5) is 0.318. The summed E-state index contributed by atoms with van der Waals surface area (Å²) >= 11 is 0. The van der Waals surface area contributed by atoms with Crippen molar-refractivity contribution in [1.29, 1.82) is 0 Å². The van der Waals surface area contributed by atoms with Gasteiger partial charge in [-0.25, -0.2) is 13.1 Å². The molecule has 100 valence electrons. The fourth-order valence-corrected chi connectivity index (χ4v) is 3.27. The van der Waals surface area contributed by atoms with Crippen molar-refractivity contribution < 1.29 is 8.42 Å². The first-order valence-electron chi connectivity index (χ1n) is 6.40. The first-order valence-corrected chi connectivity index (χ1v) is 7.88. The minimum Gasteiger partial charge on any atom is -0.387 e. The second-order valence-corrected chi connectivity index (χ2v) is 6.46. The van der Waals surface area contributed by atoms with Gasteiger partial charge in [-0.2, -0.15) is 0 Å². The van der Waals surface area contributed by atoms with Gasteiger partial charge in [0, 0.05) is 13.6 Å². The molecule has 4 nitrogen and oxygen atoms in total. The van der Waals surface area contributed by atoms with Crippen LogP contribution in [0.3, 0.4) is 0 Å². The maximum Gasteiger partial charge on any atom is 0.242 e. The zero-order valence-corrected chi connectivity index (χ0v) is 11.5. The number of para-hydroxylation sites is 1. The molecule has 1 saturated carbocycles. The first-order chi connectivity index (χ1) is 8.63. The van der Waals surface area contributed by atoms with E-state index in [2.05, 4.69) is 10.0 Å². The molecule has 0 aromatic heterocycles. The summed E-state index contributed by atoms with van der Waals surface area (Å²) in [6.07, 6.45) is 4.69. The maximum atomic E-state index is 12.1. The van der Waals surface area contributed by atoms with Crippen molar-refractivity contribution in [3.63, 3.8) is 0 Å². The SMILES string of the molecule is CNc1ccccc1S(=O)(=O)NCCCC1CC1. The molecule has 0 atom stereocenters. The van der Waals surface area contributed by atoms with E-state index < -0.39 is 10.0 Å². The van der Waals surface area contributed by atoms with E-state index >= 15 is 0 Å². The van der Waals surface area contributed by atoms with Crippen molar-refractivity contribution in [3.05, 3.63) is 24.3 Å². The lowest BCUT2D eigenvalue weighted by molar-refractivity contribution is 0.573. The highest BCUT2D eigenvalue weighted by molar-refractivity contribution is 7.89. The molecule has 1 fully saturated rings. The molecule has 1 aliphatic rings. The molecule has 0 aliphatic heterocycles. The van der Waals surface area contributed by atoms with Crippen LogP contribution in [-0.4, -0.2) is 22.0 Å². The topological polar surface area (TPSA) is 58.2 Å². The van der Waals surface area contributed by atoms with E-state index in [1.54, 1.807) is 25.2 Å². The summed E-state index contributed by atoms with van der Waals surface area (Å²) in [6, 6.07) is 6.94. The van der Waals surface area contributed by atoms with Gasteiger partial charge in [0.05, 0.1) is 5.69 Å². The molecule has 2 N–H and O–H groups in total. The molecule has 5 heteroatoms. The average Bonchev–Trinajstić information content (AvgIpc) is 3.19. The monoisotopic (exact) mass is 268 g/mol. The number of hydrogen-bond donors (Lipinski definition) is 2. The minimum absolute atomic E-state index is 0.318. The Morgan fingerprint density at radius 1 is 1.28 bits per heavy atom. The lowest BCUT2D eigenvalue weighted by Crippen LogP contribution is -2.25. The Balaban J connectivity index is 1.95. The first kappa shape index (κ1) is 13.4. The van der Waals surface area contributed by atoms with Crippen LogP contribution < -0.4 is 10.0 Å². The van der Waals surface area contributed by atoms with Crippen LogP contribution in [0.4, 0.5) is 5.69 Å². The van der Waals surface area contributed by atoms with Gasteiger partial charge in [-0.3, -0.25) is 0 Å². The van der Waals surface area contributed by atoms with Crippen LogP contribution in [0.25, 0.3) is 0 Å². The number of anilines is 1. The number of rotatable bonds is 7. The largest absolute Gasteiger partial charge is 0.387 e. The van der Waals surface area contributed by atoms with Crippen molar-refractivity contribution in [2.24, 2.45) is 5.92 Å². The fraction of sp³-hybridized carbons (Fsp3) is 0.538. The Kier molecular flexibility index (Phi) is 4.24. The number of benzene rings is 1. The van der Waals surface area contributed by atoms with E-state index in [-0.39, 0.29) is 0 Å². The molecule has 1 aliphatic carbocycles. The quantitative estimate of drug-likeness (QED) is 0.745. The molecule has 0 radical (unpaired) electrons. The lowest BCUT2D eigenvalue weighted by atomic mass is 10.2. The van der Waals surface area contributed by atoms with Crippen molar-refractivity contribution >= 4 is 15.7 Å². The van der Waals surface area contributed by atoms with Crippen molar-refractivity contribution in [2.45, 2.75) is 30.6 Å². The minimum atomic E-state index is -3.39. The summed E-state index contributed by atoms with van der Waals surface area (Å²) < 4.78 is 26.9. The third kappa shape index (κ3) is 3.46. The standard InChI is InChI=1S/C13H20N2O2S/c1-14-12-6-2-3-7-13(12)18(16,17)15-10-4-5-11-8-9-11/h2-3,6-7,11,14-15H,4-5,8-10H2,1H3. The van der Waals surface area contributed by atoms with Gasteiger partial charge in [0.25, 0.3) is 0 Å². The molecule has 2 rings (SSSR count). The molecule has 0 spiro atoms. The second-order valence-electron chi connectivity index (χ2n) is 4.73. The molecule has 1 aromatic carbocycles. The van der Waals surface area contributed by atoms with Crippen molar-refractivity contribution in [3.8, 4) is 0 Å². The van der Waals surface area contributed by atoms with Gasteiger partial charge < -0.3 is 5.32 Å². The molecule has 1 aromatic rings. The van der Waals surface area contributed by atoms with Gasteiger partial charge >= 0.3 is 0 Å². The van der Waals surface area contributed by atoms with Crippen LogP contribution in [0.2, 0.25) is 0 Å². The lowest BCUT2D eigenvalue weighted by Gasteiger charge is -2.10. The van der Waals surface area contributed by atoms with Crippen LogP contribution in [-0.2, 0) is 10.0 Å². The Morgan fingerprint density at radius 3 is 2.67 bits per heavy atom. The zero-order valence-electron chi connectivity index (χ0n) is 10.6. The molecule has 0 amide bonds. The Bertz CT molecular complexity index is 495. The third-order valence-electron chi connectivity index (χ3n) is 3.22. The number of sulfonamides is 1. The smallest absolute Gasteiger partial charge is 0.242 e. The average molecular weight is 268 g/mol. The van der Waals surface area contributed by atoms with Gasteiger partial charge in [0.15, 0.2) is 0 Å². The zero-order chi connectivity index (χ0) is 13.0. The Morgan fingerprint density at radius 2 is 2.00 bits per heavy atom. The highest BCUT2D eigenvalue weighted by Crippen LogP contribution is 2.33. The Labute approximate surface area is 109 Å². The van der Waals surface area contributed by atoms with E-state index in [0.29, 0.717) is 17.1 Å². The van der Waals surface area contributed by atoms with E-state index in [9.17, 15) is 8.42 Å². The van der Waals surface area contributed by atoms with E-state index in [1.165, 1.54) is 12.8 Å². The van der Waals surface area contributed by atoms with Gasteiger partial charge in [-0.15, -0.1) is 0 Å². The second kappa shape index (κ2) is 5.71. The van der Waals surface area contributed by atoms with Gasteiger partial charge in [-0.1, -0.05) is 25.0 Å². The molecular weight excluding hydrogens is 248 g/mol. The highest BCUT2D eigenvalue weighted by atomic mass is 32.2. The summed E-state index contributed by atoms with van der Waals surface area (Å²) in [5.74, 6) is 0.846. The van der Waals surface area contributed by atoms with Crippen LogP contribution in [0, 0.1) is 5.92 Å².